The molecule has 0 bridgehead atoms. The Morgan fingerprint density at radius 2 is 1.76 bits per heavy atom. The predicted molar refractivity (Wildman–Crippen MR) is 135 cm³/mol. The summed E-state index contributed by atoms with van der Waals surface area (Å²) in [6.07, 6.45) is 7.31. The summed E-state index contributed by atoms with van der Waals surface area (Å²) in [5.41, 5.74) is 3.58. The number of amides is 1. The number of nitrogens with zero attached hydrogens (tertiary/aromatic N) is 3. The minimum atomic E-state index is -0.214. The van der Waals surface area contributed by atoms with Crippen LogP contribution in [0.4, 0.5) is 5.69 Å². The molecule has 4 rings (SSSR count). The van der Waals surface area contributed by atoms with Crippen molar-refractivity contribution in [2.45, 2.75) is 32.4 Å². The number of carbonyl (C=O) groups is 1. The van der Waals surface area contributed by atoms with Crippen LogP contribution < -0.4 is 15.4 Å². The third-order valence-electron chi connectivity index (χ3n) is 5.80. The van der Waals surface area contributed by atoms with Crippen molar-refractivity contribution in [3.8, 4) is 5.75 Å². The van der Waals surface area contributed by atoms with Crippen LogP contribution >= 0.6 is 0 Å². The molecule has 0 unspecified atom stereocenters. The number of nitrogens with one attached hydrogen (secondary N) is 2. The zero-order valence-electron chi connectivity index (χ0n) is 19.5. The molecule has 2 heterocycles. The minimum absolute atomic E-state index is 0.214. The molecule has 176 valence electrons. The number of rotatable bonds is 7. The number of guanidine groups is 1. The molecular weight excluding hydrogens is 426 g/mol. The second kappa shape index (κ2) is 12.0. The van der Waals surface area contributed by atoms with Gasteiger partial charge < -0.3 is 10.1 Å². The second-order valence-electron chi connectivity index (χ2n) is 8.37. The Balaban J connectivity index is 1.45. The van der Waals surface area contributed by atoms with Gasteiger partial charge in [0.05, 0.1) is 13.7 Å². The first kappa shape index (κ1) is 23.4. The van der Waals surface area contributed by atoms with E-state index in [0.29, 0.717) is 23.8 Å². The maximum absolute atomic E-state index is 13.0. The molecule has 1 aliphatic rings. The van der Waals surface area contributed by atoms with Gasteiger partial charge in [-0.15, -0.1) is 0 Å². The molecule has 0 spiro atoms. The number of hydrogen-bond acceptors (Lipinski definition) is 5. The van der Waals surface area contributed by atoms with E-state index in [9.17, 15) is 4.79 Å². The molecule has 7 nitrogen and oxygen atoms in total. The van der Waals surface area contributed by atoms with Gasteiger partial charge in [-0.3, -0.25) is 20.0 Å². The highest BCUT2D eigenvalue weighted by Crippen LogP contribution is 2.17. The maximum atomic E-state index is 13.0. The number of carbonyl (C=O) groups excluding carboxylic acids is 1. The van der Waals surface area contributed by atoms with Crippen LogP contribution in [-0.4, -0.2) is 41.9 Å². The number of anilines is 1. The van der Waals surface area contributed by atoms with Crippen LogP contribution in [0.2, 0.25) is 0 Å². The number of hydrogen-bond donors (Lipinski definition) is 2. The molecule has 3 aromatic rings. The Morgan fingerprint density at radius 3 is 2.50 bits per heavy atom. The Hall–Kier alpha value is -3.71. The van der Waals surface area contributed by atoms with Crippen LogP contribution in [0, 0.1) is 0 Å². The lowest BCUT2D eigenvalue weighted by atomic mass is 10.1. The van der Waals surface area contributed by atoms with E-state index in [2.05, 4.69) is 25.5 Å². The lowest BCUT2D eigenvalue weighted by molar-refractivity contribution is 0.0977. The summed E-state index contributed by atoms with van der Waals surface area (Å²) >= 11 is 0. The first-order chi connectivity index (χ1) is 16.7. The Kier molecular flexibility index (Phi) is 8.24. The first-order valence-electron chi connectivity index (χ1n) is 11.7. The Morgan fingerprint density at radius 1 is 1.00 bits per heavy atom. The summed E-state index contributed by atoms with van der Waals surface area (Å²) < 4.78 is 5.30. The van der Waals surface area contributed by atoms with E-state index in [-0.39, 0.29) is 5.91 Å². The standard InChI is InChI=1S/C27H31N5O2/c1-34-25-7-5-6-24(18-25)30-27(29-19-21-12-14-28-15-13-21)31-26(33)23-10-8-22(9-11-23)20-32-16-3-2-4-17-32/h5-15,18H,2-4,16-17,19-20H2,1H3,(H2,29,30,31,33). The van der Waals surface area contributed by atoms with Gasteiger partial charge in [0.2, 0.25) is 5.96 Å². The van der Waals surface area contributed by atoms with Crippen molar-refractivity contribution >= 4 is 17.6 Å². The summed E-state index contributed by atoms with van der Waals surface area (Å²) in [7, 11) is 1.62. The van der Waals surface area contributed by atoms with Crippen LogP contribution in [0.5, 0.6) is 5.75 Å². The van der Waals surface area contributed by atoms with Crippen molar-refractivity contribution in [2.75, 3.05) is 25.5 Å². The van der Waals surface area contributed by atoms with Gasteiger partial charge in [0.15, 0.2) is 0 Å². The van der Waals surface area contributed by atoms with Gasteiger partial charge in [-0.05, 0) is 73.5 Å². The fourth-order valence-electron chi connectivity index (χ4n) is 3.92. The summed E-state index contributed by atoms with van der Waals surface area (Å²) in [6, 6.07) is 19.1. The van der Waals surface area contributed by atoms with Crippen molar-refractivity contribution in [3.63, 3.8) is 0 Å². The first-order valence-corrected chi connectivity index (χ1v) is 11.7. The average Bonchev–Trinajstić information content (AvgIpc) is 2.89. The normalized spacial score (nSPS) is 14.4. The molecule has 0 saturated carbocycles. The second-order valence-corrected chi connectivity index (χ2v) is 8.37. The zero-order chi connectivity index (χ0) is 23.6. The van der Waals surface area contributed by atoms with Gasteiger partial charge in [-0.25, -0.2) is 4.99 Å². The van der Waals surface area contributed by atoms with Gasteiger partial charge >= 0.3 is 0 Å². The zero-order valence-corrected chi connectivity index (χ0v) is 19.5. The van der Waals surface area contributed by atoms with Crippen molar-refractivity contribution in [1.29, 1.82) is 0 Å². The molecule has 0 radical (unpaired) electrons. The van der Waals surface area contributed by atoms with Gasteiger partial charge in [0.1, 0.15) is 5.75 Å². The Labute approximate surface area is 200 Å². The highest BCUT2D eigenvalue weighted by atomic mass is 16.5. The molecule has 2 N–H and O–H groups in total. The molecular formula is C27H31N5O2. The third-order valence-corrected chi connectivity index (χ3v) is 5.80. The van der Waals surface area contributed by atoms with Gasteiger partial charge in [0.25, 0.3) is 5.91 Å². The fourth-order valence-corrected chi connectivity index (χ4v) is 3.92. The summed E-state index contributed by atoms with van der Waals surface area (Å²) in [6.45, 7) is 3.63. The summed E-state index contributed by atoms with van der Waals surface area (Å²) in [4.78, 5) is 24.1. The number of piperidine rings is 1. The molecule has 1 aliphatic heterocycles. The number of methoxy groups -OCH3 is 1. The molecule has 34 heavy (non-hydrogen) atoms. The smallest absolute Gasteiger partial charge is 0.257 e. The number of benzene rings is 2. The minimum Gasteiger partial charge on any atom is -0.497 e. The van der Waals surface area contributed by atoms with Gasteiger partial charge in [0, 0.05) is 36.3 Å². The average molecular weight is 458 g/mol. The number of aliphatic imine (C=N–C) groups is 1. The summed E-state index contributed by atoms with van der Waals surface area (Å²) in [5, 5.41) is 6.13. The summed E-state index contributed by atoms with van der Waals surface area (Å²) in [5.74, 6) is 0.870. The molecule has 2 aromatic carbocycles. The highest BCUT2D eigenvalue weighted by molar-refractivity contribution is 6.10. The van der Waals surface area contributed by atoms with Crippen LogP contribution in [0.25, 0.3) is 0 Å². The predicted octanol–water partition coefficient (Wildman–Crippen LogP) is 4.47. The van der Waals surface area contributed by atoms with E-state index >= 15 is 0 Å². The van der Waals surface area contributed by atoms with Crippen LogP contribution in [-0.2, 0) is 13.1 Å². The van der Waals surface area contributed by atoms with Crippen LogP contribution in [0.15, 0.2) is 78.0 Å². The van der Waals surface area contributed by atoms with E-state index in [1.807, 2.05) is 60.7 Å². The molecule has 1 amide bonds. The molecule has 1 saturated heterocycles. The highest BCUT2D eigenvalue weighted by Gasteiger charge is 2.13. The molecule has 7 heteroatoms. The largest absolute Gasteiger partial charge is 0.497 e. The van der Waals surface area contributed by atoms with Gasteiger partial charge in [-0.1, -0.05) is 24.6 Å². The molecule has 0 atom stereocenters. The monoisotopic (exact) mass is 457 g/mol. The van der Waals surface area contributed by atoms with E-state index < -0.39 is 0 Å². The van der Waals surface area contributed by atoms with Crippen molar-refractivity contribution in [1.82, 2.24) is 15.2 Å². The topological polar surface area (TPSA) is 78.8 Å². The number of ether oxygens (including phenoxy) is 1. The lowest BCUT2D eigenvalue weighted by Crippen LogP contribution is -2.36. The fraction of sp³-hybridized carbons (Fsp3) is 0.296. The van der Waals surface area contributed by atoms with Crippen LogP contribution in [0.1, 0.15) is 40.7 Å². The van der Waals surface area contributed by atoms with E-state index in [4.69, 9.17) is 4.74 Å². The molecule has 1 fully saturated rings. The lowest BCUT2D eigenvalue weighted by Gasteiger charge is -2.26. The third kappa shape index (κ3) is 6.89. The van der Waals surface area contributed by atoms with Gasteiger partial charge in [-0.2, -0.15) is 0 Å². The molecule has 1 aromatic heterocycles. The Bertz CT molecular complexity index is 1090. The van der Waals surface area contributed by atoms with E-state index in [0.717, 1.165) is 30.9 Å². The van der Waals surface area contributed by atoms with Crippen molar-refractivity contribution in [3.05, 3.63) is 89.7 Å². The number of likely N-dealkylation sites (tertiary alicyclic amines) is 1. The SMILES string of the molecule is COc1cccc(NC(=NCc2ccncc2)NC(=O)c2ccc(CN3CCCCC3)cc2)c1. The quantitative estimate of drug-likeness (QED) is 0.404. The maximum Gasteiger partial charge on any atom is 0.257 e. The number of aromatic nitrogens is 1. The van der Waals surface area contributed by atoms with Crippen molar-refractivity contribution in [2.24, 2.45) is 4.99 Å². The molecule has 0 aliphatic carbocycles. The van der Waals surface area contributed by atoms with Crippen molar-refractivity contribution < 1.29 is 9.53 Å². The van der Waals surface area contributed by atoms with E-state index in [1.54, 1.807) is 19.5 Å². The number of pyridine rings is 1. The van der Waals surface area contributed by atoms with Crippen LogP contribution in [0.3, 0.4) is 0 Å². The van der Waals surface area contributed by atoms with E-state index in [1.165, 1.54) is 24.8 Å².